The first-order chi connectivity index (χ1) is 11.1. The number of thiophene rings is 1. The summed E-state index contributed by atoms with van der Waals surface area (Å²) in [6, 6.07) is 9.85. The maximum Gasteiger partial charge on any atom is 0.226 e. The third-order valence-electron chi connectivity index (χ3n) is 4.11. The van der Waals surface area contributed by atoms with Crippen molar-refractivity contribution in [1.29, 1.82) is 0 Å². The third-order valence-corrected chi connectivity index (χ3v) is 5.50. The molecule has 1 unspecified atom stereocenters. The van der Waals surface area contributed by atoms with E-state index in [4.69, 9.17) is 11.6 Å². The Morgan fingerprint density at radius 1 is 1.39 bits per heavy atom. The second kappa shape index (κ2) is 5.51. The fourth-order valence-corrected chi connectivity index (χ4v) is 3.89. The molecule has 6 heteroatoms. The van der Waals surface area contributed by atoms with Gasteiger partial charge in [0.15, 0.2) is 0 Å². The summed E-state index contributed by atoms with van der Waals surface area (Å²) in [5.74, 6) is 0.809. The molecule has 0 radical (unpaired) electrons. The zero-order chi connectivity index (χ0) is 16.0. The van der Waals surface area contributed by atoms with Crippen molar-refractivity contribution in [3.8, 4) is 5.69 Å². The standard InChI is InChI=1S/C17H14ClN3OS/c1-10-4-5-11(7-14(10)18)21-17-13(9-19-21)12(8-16(22)20-17)15-3-2-6-23-15/h2-7,9,12H,8H2,1H3,(H,20,22). The zero-order valence-electron chi connectivity index (χ0n) is 12.4. The minimum absolute atomic E-state index is 0.0101. The monoisotopic (exact) mass is 343 g/mol. The van der Waals surface area contributed by atoms with E-state index in [2.05, 4.69) is 16.5 Å². The van der Waals surface area contributed by atoms with Gasteiger partial charge in [0.2, 0.25) is 5.91 Å². The van der Waals surface area contributed by atoms with Gasteiger partial charge in [-0.15, -0.1) is 11.3 Å². The van der Waals surface area contributed by atoms with Gasteiger partial charge in [-0.25, -0.2) is 4.68 Å². The fourth-order valence-electron chi connectivity index (χ4n) is 2.87. The summed E-state index contributed by atoms with van der Waals surface area (Å²) in [5, 5.41) is 10.2. The van der Waals surface area contributed by atoms with Crippen LogP contribution in [0.5, 0.6) is 0 Å². The van der Waals surface area contributed by atoms with Crippen molar-refractivity contribution in [2.45, 2.75) is 19.3 Å². The Balaban J connectivity index is 1.83. The fraction of sp³-hybridized carbons (Fsp3) is 0.176. The predicted molar refractivity (Wildman–Crippen MR) is 92.7 cm³/mol. The van der Waals surface area contributed by atoms with Crippen LogP contribution in [0.3, 0.4) is 0 Å². The zero-order valence-corrected chi connectivity index (χ0v) is 14.0. The molecule has 1 atom stereocenters. The van der Waals surface area contributed by atoms with Gasteiger partial charge in [0.05, 0.1) is 11.9 Å². The number of rotatable bonds is 2. The summed E-state index contributed by atoms with van der Waals surface area (Å²) >= 11 is 7.89. The first-order valence-electron chi connectivity index (χ1n) is 7.31. The summed E-state index contributed by atoms with van der Waals surface area (Å²) < 4.78 is 1.75. The van der Waals surface area contributed by atoms with Crippen LogP contribution in [0.1, 0.15) is 28.3 Å². The lowest BCUT2D eigenvalue weighted by Crippen LogP contribution is -2.24. The van der Waals surface area contributed by atoms with E-state index in [1.54, 1.807) is 16.0 Å². The van der Waals surface area contributed by atoms with Gasteiger partial charge in [0.1, 0.15) is 5.82 Å². The van der Waals surface area contributed by atoms with Crippen LogP contribution in [0, 0.1) is 6.92 Å². The molecule has 4 nitrogen and oxygen atoms in total. The molecule has 1 aliphatic rings. The number of aryl methyl sites for hydroxylation is 1. The van der Waals surface area contributed by atoms with Gasteiger partial charge in [0.25, 0.3) is 0 Å². The van der Waals surface area contributed by atoms with Crippen molar-refractivity contribution < 1.29 is 4.79 Å². The van der Waals surface area contributed by atoms with Crippen LogP contribution in [0.15, 0.2) is 41.9 Å². The van der Waals surface area contributed by atoms with Crippen molar-refractivity contribution in [1.82, 2.24) is 9.78 Å². The van der Waals surface area contributed by atoms with Crippen molar-refractivity contribution in [2.75, 3.05) is 5.32 Å². The van der Waals surface area contributed by atoms with E-state index in [0.29, 0.717) is 11.4 Å². The number of halogens is 1. The van der Waals surface area contributed by atoms with E-state index in [-0.39, 0.29) is 11.8 Å². The molecule has 0 spiro atoms. The molecule has 1 amide bonds. The highest BCUT2D eigenvalue weighted by molar-refractivity contribution is 7.10. The number of anilines is 1. The molecule has 0 aliphatic carbocycles. The van der Waals surface area contributed by atoms with E-state index < -0.39 is 0 Å². The average Bonchev–Trinajstić information content (AvgIpc) is 3.18. The second-order valence-corrected chi connectivity index (χ2v) is 7.00. The minimum atomic E-state index is 0.0101. The van der Waals surface area contributed by atoms with Crippen LogP contribution in [0.25, 0.3) is 5.69 Å². The number of nitrogens with one attached hydrogen (secondary N) is 1. The van der Waals surface area contributed by atoms with Crippen molar-refractivity contribution in [3.05, 3.63) is 62.9 Å². The van der Waals surface area contributed by atoms with Gasteiger partial charge in [-0.1, -0.05) is 23.7 Å². The molecule has 116 valence electrons. The van der Waals surface area contributed by atoms with Crippen molar-refractivity contribution in [2.24, 2.45) is 0 Å². The Morgan fingerprint density at radius 2 is 2.26 bits per heavy atom. The third kappa shape index (κ3) is 2.46. The highest BCUT2D eigenvalue weighted by Crippen LogP contribution is 2.39. The van der Waals surface area contributed by atoms with Crippen LogP contribution < -0.4 is 5.32 Å². The number of aromatic nitrogens is 2. The molecule has 1 N–H and O–H groups in total. The Hall–Kier alpha value is -2.11. The van der Waals surface area contributed by atoms with E-state index in [1.807, 2.05) is 42.8 Å². The summed E-state index contributed by atoms with van der Waals surface area (Å²) in [5.41, 5.74) is 2.90. The average molecular weight is 344 g/mol. The lowest BCUT2D eigenvalue weighted by molar-refractivity contribution is -0.116. The Bertz CT molecular complexity index is 885. The van der Waals surface area contributed by atoms with Crippen molar-refractivity contribution in [3.63, 3.8) is 0 Å². The van der Waals surface area contributed by atoms with Crippen LogP contribution >= 0.6 is 22.9 Å². The molecule has 3 aromatic rings. The summed E-state index contributed by atoms with van der Waals surface area (Å²) in [4.78, 5) is 13.3. The minimum Gasteiger partial charge on any atom is -0.310 e. The van der Waals surface area contributed by atoms with Crippen molar-refractivity contribution >= 4 is 34.7 Å². The molecule has 2 aromatic heterocycles. The number of carbonyl (C=O) groups excluding carboxylic acids is 1. The second-order valence-electron chi connectivity index (χ2n) is 5.61. The number of hydrogen-bond acceptors (Lipinski definition) is 3. The van der Waals surface area contributed by atoms with E-state index in [0.717, 1.165) is 22.6 Å². The molecule has 4 rings (SSSR count). The number of hydrogen-bond donors (Lipinski definition) is 1. The van der Waals surface area contributed by atoms with E-state index in [1.165, 1.54) is 4.88 Å². The molecule has 0 saturated carbocycles. The summed E-state index contributed by atoms with van der Waals surface area (Å²) in [7, 11) is 0. The maximum absolute atomic E-state index is 12.2. The number of amides is 1. The van der Waals surface area contributed by atoms with Gasteiger partial charge >= 0.3 is 0 Å². The van der Waals surface area contributed by atoms with Crippen LogP contribution in [-0.2, 0) is 4.79 Å². The molecule has 1 aliphatic heterocycles. The maximum atomic E-state index is 12.2. The topological polar surface area (TPSA) is 46.9 Å². The van der Waals surface area contributed by atoms with Gasteiger partial charge < -0.3 is 5.32 Å². The molecule has 0 fully saturated rings. The van der Waals surface area contributed by atoms with Gasteiger partial charge in [-0.05, 0) is 36.1 Å². The smallest absolute Gasteiger partial charge is 0.226 e. The quantitative estimate of drug-likeness (QED) is 0.751. The Labute approximate surface area is 142 Å². The predicted octanol–water partition coefficient (Wildman–Crippen LogP) is 4.37. The number of nitrogens with zero attached hydrogens (tertiary/aromatic N) is 2. The van der Waals surface area contributed by atoms with Crippen LogP contribution in [0.4, 0.5) is 5.82 Å². The number of carbonyl (C=O) groups is 1. The van der Waals surface area contributed by atoms with Crippen LogP contribution in [0.2, 0.25) is 5.02 Å². The first-order valence-corrected chi connectivity index (χ1v) is 8.57. The van der Waals surface area contributed by atoms with Gasteiger partial charge in [0, 0.05) is 27.8 Å². The van der Waals surface area contributed by atoms with Gasteiger partial charge in [-0.2, -0.15) is 5.10 Å². The Morgan fingerprint density at radius 3 is 3.00 bits per heavy atom. The largest absolute Gasteiger partial charge is 0.310 e. The molecule has 1 aromatic carbocycles. The highest BCUT2D eigenvalue weighted by Gasteiger charge is 2.30. The van der Waals surface area contributed by atoms with Crippen LogP contribution in [-0.4, -0.2) is 15.7 Å². The normalized spacial score (nSPS) is 17.0. The SMILES string of the molecule is Cc1ccc(-n2ncc3c2NC(=O)CC3c2cccs2)cc1Cl. The molecular weight excluding hydrogens is 330 g/mol. The summed E-state index contributed by atoms with van der Waals surface area (Å²) in [6.45, 7) is 1.96. The van der Waals surface area contributed by atoms with E-state index in [9.17, 15) is 4.79 Å². The Kier molecular flexibility index (Phi) is 3.47. The molecule has 23 heavy (non-hydrogen) atoms. The van der Waals surface area contributed by atoms with E-state index >= 15 is 0 Å². The lowest BCUT2D eigenvalue weighted by Gasteiger charge is -2.22. The first kappa shape index (κ1) is 14.5. The highest BCUT2D eigenvalue weighted by atomic mass is 35.5. The summed E-state index contributed by atoms with van der Waals surface area (Å²) in [6.07, 6.45) is 2.29. The molecule has 3 heterocycles. The number of fused-ring (bicyclic) bond motifs is 1. The molecule has 0 saturated heterocycles. The number of benzene rings is 1. The molecule has 0 bridgehead atoms. The van der Waals surface area contributed by atoms with Gasteiger partial charge in [-0.3, -0.25) is 4.79 Å². The lowest BCUT2D eigenvalue weighted by atomic mass is 9.93. The molecular formula is C17H14ClN3OS.